The Kier molecular flexibility index (Phi) is 4.07. The summed E-state index contributed by atoms with van der Waals surface area (Å²) in [7, 11) is 0. The summed E-state index contributed by atoms with van der Waals surface area (Å²) in [5.41, 5.74) is 9.90. The van der Waals surface area contributed by atoms with Gasteiger partial charge in [-0.1, -0.05) is 60.7 Å². The fourth-order valence-electron chi connectivity index (χ4n) is 4.43. The monoisotopic (exact) mass is 392 g/mol. The van der Waals surface area contributed by atoms with E-state index in [0.717, 1.165) is 22.4 Å². The van der Waals surface area contributed by atoms with Crippen LogP contribution in [0.1, 0.15) is 27.0 Å². The van der Waals surface area contributed by atoms with Gasteiger partial charge in [-0.2, -0.15) is 0 Å². The molecule has 1 aliphatic rings. The first-order valence-corrected chi connectivity index (χ1v) is 9.77. The van der Waals surface area contributed by atoms with E-state index in [1.54, 1.807) is 12.1 Å². The van der Waals surface area contributed by atoms with Gasteiger partial charge in [-0.15, -0.1) is 0 Å². The van der Waals surface area contributed by atoms with Gasteiger partial charge < -0.3 is 10.8 Å². The normalized spacial score (nSPS) is 17.7. The van der Waals surface area contributed by atoms with Crippen LogP contribution in [0.3, 0.4) is 0 Å². The van der Waals surface area contributed by atoms with Crippen molar-refractivity contribution in [2.75, 3.05) is 10.6 Å². The second-order valence-electron chi connectivity index (χ2n) is 7.40. The van der Waals surface area contributed by atoms with Crippen molar-refractivity contribution in [1.82, 2.24) is 0 Å². The molecule has 5 rings (SSSR count). The topological polar surface area (TPSA) is 66.6 Å². The van der Waals surface area contributed by atoms with Gasteiger partial charge >= 0.3 is 0 Å². The molecule has 1 aliphatic heterocycles. The third-order valence-corrected chi connectivity index (χ3v) is 5.71. The van der Waals surface area contributed by atoms with Crippen molar-refractivity contribution in [3.63, 3.8) is 0 Å². The standard InChI is InChI=1S/C26H20N2O2/c27-20-14-10-18(11-15-20)26(19-12-16-22(29)17-13-19)24-9-5-4-8-23(24)25(30)28(26)21-6-2-1-3-7-21/h1-17,29H,27H2. The summed E-state index contributed by atoms with van der Waals surface area (Å²) < 4.78 is 0. The molecule has 0 fully saturated rings. The van der Waals surface area contributed by atoms with Gasteiger partial charge in [-0.3, -0.25) is 9.69 Å². The molecule has 4 heteroatoms. The first-order valence-electron chi connectivity index (χ1n) is 9.77. The summed E-state index contributed by atoms with van der Waals surface area (Å²) >= 11 is 0. The maximum Gasteiger partial charge on any atom is 0.260 e. The number of hydrogen-bond acceptors (Lipinski definition) is 3. The lowest BCUT2D eigenvalue weighted by molar-refractivity contribution is 0.0986. The van der Waals surface area contributed by atoms with Crippen molar-refractivity contribution >= 4 is 17.3 Å². The predicted octanol–water partition coefficient (Wildman–Crippen LogP) is 4.93. The summed E-state index contributed by atoms with van der Waals surface area (Å²) in [6.07, 6.45) is 0. The molecule has 0 saturated carbocycles. The van der Waals surface area contributed by atoms with Crippen LogP contribution in [-0.4, -0.2) is 11.0 Å². The molecule has 0 bridgehead atoms. The molecular weight excluding hydrogens is 372 g/mol. The molecule has 4 aromatic carbocycles. The highest BCUT2D eigenvalue weighted by Crippen LogP contribution is 2.51. The number of carbonyl (C=O) groups excluding carboxylic acids is 1. The Balaban J connectivity index is 1.91. The van der Waals surface area contributed by atoms with Crippen molar-refractivity contribution in [2.24, 2.45) is 0 Å². The number of amides is 1. The van der Waals surface area contributed by atoms with Gasteiger partial charge in [0.2, 0.25) is 0 Å². The highest BCUT2D eigenvalue weighted by molar-refractivity contribution is 6.13. The Morgan fingerprint density at radius 2 is 1.27 bits per heavy atom. The van der Waals surface area contributed by atoms with Crippen LogP contribution in [0.25, 0.3) is 0 Å². The third-order valence-electron chi connectivity index (χ3n) is 5.71. The minimum atomic E-state index is -0.892. The van der Waals surface area contributed by atoms with Crippen molar-refractivity contribution in [3.8, 4) is 5.75 Å². The Bertz CT molecular complexity index is 1170. The Hall–Kier alpha value is -4.05. The van der Waals surface area contributed by atoms with Crippen molar-refractivity contribution in [3.05, 3.63) is 125 Å². The molecule has 0 spiro atoms. The molecule has 1 amide bonds. The average Bonchev–Trinajstić information content (AvgIpc) is 3.05. The molecule has 1 heterocycles. The lowest BCUT2D eigenvalue weighted by atomic mass is 9.76. The van der Waals surface area contributed by atoms with Crippen LogP contribution >= 0.6 is 0 Å². The number of anilines is 2. The molecular formula is C26H20N2O2. The number of nitrogens with two attached hydrogens (primary N) is 1. The number of phenolic OH excluding ortho intramolecular Hbond substituents is 1. The molecule has 1 unspecified atom stereocenters. The van der Waals surface area contributed by atoms with Gasteiger partial charge in [0.25, 0.3) is 5.91 Å². The van der Waals surface area contributed by atoms with Crippen molar-refractivity contribution < 1.29 is 9.90 Å². The van der Waals surface area contributed by atoms with E-state index in [2.05, 4.69) is 0 Å². The maximum atomic E-state index is 13.7. The second kappa shape index (κ2) is 6.78. The molecule has 4 nitrogen and oxygen atoms in total. The van der Waals surface area contributed by atoms with Crippen molar-refractivity contribution in [1.29, 1.82) is 0 Å². The smallest absolute Gasteiger partial charge is 0.260 e. The molecule has 1 atom stereocenters. The largest absolute Gasteiger partial charge is 0.508 e. The minimum Gasteiger partial charge on any atom is -0.508 e. The Labute approximate surface area is 174 Å². The highest BCUT2D eigenvalue weighted by Gasteiger charge is 2.52. The van der Waals surface area contributed by atoms with Crippen LogP contribution in [0, 0.1) is 0 Å². The predicted molar refractivity (Wildman–Crippen MR) is 119 cm³/mol. The van der Waals surface area contributed by atoms with Gasteiger partial charge in [0.1, 0.15) is 11.3 Å². The molecule has 0 aliphatic carbocycles. The number of benzene rings is 4. The zero-order valence-corrected chi connectivity index (χ0v) is 16.2. The lowest BCUT2D eigenvalue weighted by Gasteiger charge is -2.40. The summed E-state index contributed by atoms with van der Waals surface area (Å²) in [4.78, 5) is 15.6. The average molecular weight is 392 g/mol. The minimum absolute atomic E-state index is 0.0679. The second-order valence-corrected chi connectivity index (χ2v) is 7.40. The van der Waals surface area contributed by atoms with Crippen LogP contribution in [-0.2, 0) is 5.54 Å². The first-order chi connectivity index (χ1) is 14.6. The number of nitrogens with zero attached hydrogens (tertiary/aromatic N) is 1. The molecule has 4 aromatic rings. The SMILES string of the molecule is Nc1ccc(C2(c3ccc(O)cc3)c3ccccc3C(=O)N2c2ccccc2)cc1. The van der Waals surface area contributed by atoms with Gasteiger partial charge in [0.15, 0.2) is 0 Å². The van der Waals surface area contributed by atoms with Crippen LogP contribution < -0.4 is 10.6 Å². The van der Waals surface area contributed by atoms with Crippen molar-refractivity contribution in [2.45, 2.75) is 5.54 Å². The number of aromatic hydroxyl groups is 1. The molecule has 30 heavy (non-hydrogen) atoms. The number of phenols is 1. The van der Waals surface area contributed by atoms with E-state index in [9.17, 15) is 9.90 Å². The molecule has 0 saturated heterocycles. The van der Waals surface area contributed by atoms with E-state index in [-0.39, 0.29) is 11.7 Å². The number of nitrogen functional groups attached to an aromatic ring is 1. The zero-order valence-electron chi connectivity index (χ0n) is 16.2. The van der Waals surface area contributed by atoms with E-state index in [1.807, 2.05) is 95.9 Å². The summed E-state index contributed by atoms with van der Waals surface area (Å²) in [5.74, 6) is 0.108. The van der Waals surface area contributed by atoms with Crippen LogP contribution in [0.15, 0.2) is 103 Å². The van der Waals surface area contributed by atoms with E-state index in [0.29, 0.717) is 11.3 Å². The van der Waals surface area contributed by atoms with E-state index in [1.165, 1.54) is 0 Å². The van der Waals surface area contributed by atoms with E-state index >= 15 is 0 Å². The fourth-order valence-corrected chi connectivity index (χ4v) is 4.43. The zero-order chi connectivity index (χ0) is 20.7. The van der Waals surface area contributed by atoms with Crippen LogP contribution in [0.4, 0.5) is 11.4 Å². The van der Waals surface area contributed by atoms with E-state index < -0.39 is 5.54 Å². The fraction of sp³-hybridized carbons (Fsp3) is 0.0385. The number of hydrogen-bond donors (Lipinski definition) is 2. The molecule has 3 N–H and O–H groups in total. The lowest BCUT2D eigenvalue weighted by Crippen LogP contribution is -2.46. The number of para-hydroxylation sites is 1. The Morgan fingerprint density at radius 1 is 0.700 bits per heavy atom. The Morgan fingerprint density at radius 3 is 1.93 bits per heavy atom. The van der Waals surface area contributed by atoms with Gasteiger partial charge in [-0.05, 0) is 59.2 Å². The summed E-state index contributed by atoms with van der Waals surface area (Å²) in [5, 5.41) is 9.92. The number of fused-ring (bicyclic) bond motifs is 1. The maximum absolute atomic E-state index is 13.7. The van der Waals surface area contributed by atoms with Crippen LogP contribution in [0.5, 0.6) is 5.75 Å². The summed E-state index contributed by atoms with van der Waals surface area (Å²) in [6, 6.07) is 32.1. The molecule has 146 valence electrons. The number of rotatable bonds is 3. The molecule has 0 aromatic heterocycles. The quantitative estimate of drug-likeness (QED) is 0.486. The highest BCUT2D eigenvalue weighted by atomic mass is 16.3. The number of carbonyl (C=O) groups is 1. The molecule has 0 radical (unpaired) electrons. The van der Waals surface area contributed by atoms with Crippen LogP contribution in [0.2, 0.25) is 0 Å². The van der Waals surface area contributed by atoms with Gasteiger partial charge in [0, 0.05) is 16.9 Å². The van der Waals surface area contributed by atoms with Gasteiger partial charge in [0.05, 0.1) is 0 Å². The summed E-state index contributed by atoms with van der Waals surface area (Å²) in [6.45, 7) is 0. The van der Waals surface area contributed by atoms with E-state index in [4.69, 9.17) is 5.73 Å². The first kappa shape index (κ1) is 18.0. The van der Waals surface area contributed by atoms with Gasteiger partial charge in [-0.25, -0.2) is 0 Å². The third kappa shape index (κ3) is 2.51.